The normalized spacial score (nSPS) is 10.8. The van der Waals surface area contributed by atoms with Crippen molar-refractivity contribution in [2.45, 2.75) is 46.5 Å². The maximum atomic E-state index is 11.9. The molecule has 14 rings (SSSR count). The first-order valence-electron chi connectivity index (χ1n) is 33.5. The van der Waals surface area contributed by atoms with Gasteiger partial charge in [0.05, 0.1) is 50.7 Å². The van der Waals surface area contributed by atoms with E-state index >= 15 is 0 Å². The van der Waals surface area contributed by atoms with Gasteiger partial charge in [-0.2, -0.15) is 8.42 Å². The first kappa shape index (κ1) is 96.5. The fraction of sp³-hybridized carbons (Fsp3) is 0.138. The van der Waals surface area contributed by atoms with Crippen LogP contribution in [0.5, 0.6) is 11.5 Å². The van der Waals surface area contributed by atoms with E-state index in [1.807, 2.05) is 160 Å². The zero-order chi connectivity index (χ0) is 80.3. The van der Waals surface area contributed by atoms with Crippen LogP contribution in [0.3, 0.4) is 0 Å². The number of carboxylic acids is 1. The average Bonchev–Trinajstić information content (AvgIpc) is 1.64. The molecule has 580 valence electrons. The number of quaternary nitrogens is 1. The Kier molecular flexibility index (Phi) is 45.4. The minimum absolute atomic E-state index is 0. The van der Waals surface area contributed by atoms with Crippen molar-refractivity contribution in [1.82, 2.24) is 39.9 Å². The molecule has 13 aromatic rings. The largest absolute Gasteiger partial charge is 1.00 e. The van der Waals surface area contributed by atoms with Gasteiger partial charge in [0, 0.05) is 73.5 Å². The average molecular weight is 1840 g/mol. The van der Waals surface area contributed by atoms with Crippen molar-refractivity contribution in [2.24, 2.45) is 0 Å². The van der Waals surface area contributed by atoms with Crippen molar-refractivity contribution < 1.29 is 107 Å². The third kappa shape index (κ3) is 37.3. The molecule has 5 N–H and O–H groups in total. The number of pyridine rings is 5. The second-order valence-electron chi connectivity index (χ2n) is 22.7. The van der Waals surface area contributed by atoms with Gasteiger partial charge in [-0.15, -0.1) is 100 Å². The molecule has 0 bridgehead atoms. The minimum atomic E-state index is -3.11. The molecule has 1 aliphatic rings. The molecule has 0 radical (unpaired) electrons. The molecule has 0 saturated carbocycles. The molecule has 1 aliphatic heterocycles. The number of aromatic carboxylic acids is 1. The molecule has 1 saturated heterocycles. The molecular weight excluding hydrogens is 1760 g/mol. The monoisotopic (exact) mass is 1840 g/mol. The number of phenolic OH excluding ortho intramolecular Hbond substituents is 1. The quantitative estimate of drug-likeness (QED) is 0.0330. The van der Waals surface area contributed by atoms with E-state index in [1.165, 1.54) is 33.8 Å². The fourth-order valence-electron chi connectivity index (χ4n) is 8.91. The van der Waals surface area contributed by atoms with Gasteiger partial charge in [0.1, 0.15) is 44.5 Å². The molecule has 113 heavy (non-hydrogen) atoms. The zero-order valence-corrected chi connectivity index (χ0v) is 73.1. The summed E-state index contributed by atoms with van der Waals surface area (Å²) >= 11 is 14.2. The number of ether oxygens (including phenoxy) is 1. The molecular formula is C80H75BBr3ClN9NaO13S5. The number of rotatable bonds is 17. The van der Waals surface area contributed by atoms with Crippen LogP contribution >= 0.6 is 81.3 Å². The zero-order valence-electron chi connectivity index (χ0n) is 61.5. The Morgan fingerprint density at radius 3 is 1.17 bits per heavy atom. The number of aromatic hydroxyl groups is 1. The summed E-state index contributed by atoms with van der Waals surface area (Å²) in [6.07, 6.45) is 15.8. The molecule has 0 amide bonds. The summed E-state index contributed by atoms with van der Waals surface area (Å²) in [6.45, 7) is 11.2. The van der Waals surface area contributed by atoms with Gasteiger partial charge in [0.2, 0.25) is 5.78 Å². The van der Waals surface area contributed by atoms with Crippen LogP contribution in [-0.2, 0) is 24.9 Å². The number of Topliss-reactive ketones (excluding diaryl/α,β-unsaturated/α-hetero) is 3. The molecule has 33 heteroatoms. The summed E-state index contributed by atoms with van der Waals surface area (Å²) in [6, 6.07) is 66.0. The van der Waals surface area contributed by atoms with Crippen molar-refractivity contribution in [2.75, 3.05) is 25.5 Å². The fourth-order valence-corrected chi connectivity index (χ4v) is 12.6. The first-order valence-corrected chi connectivity index (χ1v) is 41.3. The summed E-state index contributed by atoms with van der Waals surface area (Å²) in [5.41, 5.74) is 15.1. The van der Waals surface area contributed by atoms with Crippen LogP contribution < -0.4 is 52.4 Å². The van der Waals surface area contributed by atoms with Gasteiger partial charge in [-0.3, -0.25) is 38.5 Å². The van der Waals surface area contributed by atoms with E-state index in [9.17, 15) is 32.7 Å². The summed E-state index contributed by atoms with van der Waals surface area (Å²) < 4.78 is 55.9. The number of aromatic nitrogens is 8. The van der Waals surface area contributed by atoms with E-state index in [-0.39, 0.29) is 92.5 Å². The Hall–Kier alpha value is -8.90. The summed E-state index contributed by atoms with van der Waals surface area (Å²) in [7, 11) is -6.16. The van der Waals surface area contributed by atoms with Crippen LogP contribution in [0.2, 0.25) is 0 Å². The third-order valence-electron chi connectivity index (χ3n) is 14.4. The number of carbonyl (C=O) groups excluding carboxylic acids is 3. The van der Waals surface area contributed by atoms with E-state index in [4.69, 9.17) is 22.5 Å². The molecule has 0 unspecified atom stereocenters. The van der Waals surface area contributed by atoms with Crippen molar-refractivity contribution in [3.8, 4) is 74.9 Å². The van der Waals surface area contributed by atoms with E-state index in [2.05, 4.69) is 135 Å². The molecule has 5 aromatic carbocycles. The van der Waals surface area contributed by atoms with Crippen molar-refractivity contribution >= 4 is 129 Å². The van der Waals surface area contributed by atoms with Crippen LogP contribution in [0.15, 0.2) is 262 Å². The van der Waals surface area contributed by atoms with Crippen LogP contribution in [0.25, 0.3) is 63.4 Å². The number of phenols is 1. The Balaban J connectivity index is 0.000000278. The predicted molar refractivity (Wildman–Crippen MR) is 449 cm³/mol. The Morgan fingerprint density at radius 1 is 0.513 bits per heavy atom. The number of thiazole rings is 3. The van der Waals surface area contributed by atoms with Crippen molar-refractivity contribution in [1.29, 1.82) is 0 Å². The van der Waals surface area contributed by atoms with Gasteiger partial charge in [-0.25, -0.2) is 24.7 Å². The number of nitrogens with zero attached hydrogens (tertiary/aromatic N) is 8. The van der Waals surface area contributed by atoms with E-state index in [1.54, 1.807) is 113 Å². The van der Waals surface area contributed by atoms with Gasteiger partial charge < -0.3 is 40.0 Å². The van der Waals surface area contributed by atoms with Gasteiger partial charge in [0.15, 0.2) is 11.6 Å². The summed E-state index contributed by atoms with van der Waals surface area (Å²) in [4.78, 5) is 82.1. The maximum Gasteiger partial charge on any atom is 1.00 e. The predicted octanol–water partition coefficient (Wildman–Crippen LogP) is 11.6. The number of hydrogen-bond donors (Lipinski definition) is 3. The number of halogens is 4. The molecule has 0 aliphatic carbocycles. The van der Waals surface area contributed by atoms with E-state index in [0.29, 0.717) is 37.4 Å². The third-order valence-corrected chi connectivity index (χ3v) is 18.9. The Bertz CT molecular complexity index is 5050. The number of hydrogen-bond acceptors (Lipinski definition) is 23. The second-order valence-corrected chi connectivity index (χ2v) is 34.4. The topological polar surface area (TPSA) is 343 Å². The molecule has 0 spiro atoms. The Morgan fingerprint density at radius 2 is 0.858 bits per heavy atom. The first-order chi connectivity index (χ1) is 53.4. The van der Waals surface area contributed by atoms with Gasteiger partial charge in [-0.1, -0.05) is 120 Å². The number of aryl methyl sites for hydroxylation is 3. The molecule has 8 aromatic heterocycles. The molecule has 0 atom stereocenters. The van der Waals surface area contributed by atoms with Crippen molar-refractivity contribution in [3.63, 3.8) is 0 Å². The van der Waals surface area contributed by atoms with Gasteiger partial charge >= 0.3 is 49.3 Å². The van der Waals surface area contributed by atoms with Crippen LogP contribution in [-0.4, -0.2) is 123 Å². The van der Waals surface area contributed by atoms with E-state index in [0.717, 1.165) is 76.3 Å². The Labute approximate surface area is 723 Å². The second kappa shape index (κ2) is 53.2. The van der Waals surface area contributed by atoms with Crippen molar-refractivity contribution in [3.05, 3.63) is 308 Å². The molecule has 9 heterocycles. The number of carbonyl (C=O) groups is 4. The SMILES string of the molecule is BrB(Br)Br.Cc1ccc(-c2cnc(-c3ccccn3)s2)cc1.Cc1ccc(C(=O)CCC(=O)c2ccccn2)cc1.Cc1ccc(C(=O)C[NH3+])cc1.O=C(O)c1ccccn1.O=S(=O)=O.O=S1(=O)CCCO1.Oc1ccc(-c2cnc(-c3ccccn3)s2)cc1.[CH2-]CCOc1ccc(-c2cnc(-c3ccccn3)s2)cc1.[Cl-].[Na+]. The van der Waals surface area contributed by atoms with Crippen LogP contribution in [0, 0.1) is 27.7 Å². The van der Waals surface area contributed by atoms with Gasteiger partial charge in [-0.05, 0) is 153 Å². The van der Waals surface area contributed by atoms with Gasteiger partial charge in [0.25, 0.3) is 10.1 Å². The van der Waals surface area contributed by atoms with E-state index < -0.39 is 26.7 Å². The van der Waals surface area contributed by atoms with Crippen LogP contribution in [0.1, 0.15) is 84.1 Å². The molecule has 22 nitrogen and oxygen atoms in total. The minimum Gasteiger partial charge on any atom is -1.00 e. The maximum absolute atomic E-state index is 11.9. The number of ketones is 3. The standard InChI is InChI=1S/C17H15N2OS.C16H15NO2.C15H12N2S.C14H10N2OS.C9H11NO.C6H5NO2.C3H6O3S.BBr3.ClH.Na.O3S/c1-2-11-20-14-8-6-13(7-9-14)16-12-19-17(21-16)15-5-3-4-10-18-15;1-12-5-7-13(8-6-12)15(18)9-10-16(19)14-4-2-3-11-17-14;1-11-5-7-12(8-6-11)14-10-17-15(18-14)13-4-2-3-9-16-13;17-11-6-4-10(5-7-11)13-9-16-14(18-13)12-3-1-2-8-15-12;1-7-2-4-8(5-3-7)9(11)6-10;8-6(9)5-3-1-2-4-7-5;4-7(5)3-1-2-6-7;2-1(3)4;;;1-4(2)3/h3-10,12H,1-2,11H2;2-8,11H,9-10H2,1H3;2-10H,1H3;1-9,17H;2-5H,6,10H2,1H3;1-4H,(H,8,9);1-3H2;;1H;;/q-1;;;;;;;;;+1;. The van der Waals surface area contributed by atoms with Crippen LogP contribution in [0.4, 0.5) is 0 Å². The number of benzene rings is 5. The summed E-state index contributed by atoms with van der Waals surface area (Å²) in [5, 5.41) is 20.4. The summed E-state index contributed by atoms with van der Waals surface area (Å²) in [5.74, 6) is 0.350. The molecule has 1 fully saturated rings. The smallest absolute Gasteiger partial charge is 1.00 e. The number of carboxylic acid groups (broad SMARTS) is 1.